The van der Waals surface area contributed by atoms with E-state index in [1.54, 1.807) is 19.1 Å². The van der Waals surface area contributed by atoms with Crippen LogP contribution >= 0.6 is 0 Å². The first-order valence-electron chi connectivity index (χ1n) is 7.92. The van der Waals surface area contributed by atoms with E-state index in [0.29, 0.717) is 37.7 Å². The molecule has 0 spiro atoms. The molecular formula is C16H20FN3O4. The fourth-order valence-electron chi connectivity index (χ4n) is 2.75. The van der Waals surface area contributed by atoms with Crippen molar-refractivity contribution >= 4 is 23.4 Å². The Kier molecular flexibility index (Phi) is 4.84. The van der Waals surface area contributed by atoms with Gasteiger partial charge in [-0.3, -0.25) is 4.79 Å². The van der Waals surface area contributed by atoms with Crippen molar-refractivity contribution in [2.24, 2.45) is 5.92 Å². The molecule has 2 unspecified atom stereocenters. The highest BCUT2D eigenvalue weighted by atomic mass is 19.1. The van der Waals surface area contributed by atoms with Gasteiger partial charge in [0.2, 0.25) is 5.91 Å². The van der Waals surface area contributed by atoms with Crippen LogP contribution in [0.5, 0.6) is 0 Å². The van der Waals surface area contributed by atoms with Gasteiger partial charge in [0.05, 0.1) is 31.4 Å². The zero-order valence-electron chi connectivity index (χ0n) is 13.4. The molecule has 2 amide bonds. The minimum absolute atomic E-state index is 0.289. The Morgan fingerprint density at radius 3 is 2.79 bits per heavy atom. The second-order valence-electron chi connectivity index (χ2n) is 5.87. The Morgan fingerprint density at radius 2 is 2.17 bits per heavy atom. The van der Waals surface area contributed by atoms with E-state index in [4.69, 9.17) is 9.47 Å². The maximum absolute atomic E-state index is 14.3. The summed E-state index contributed by atoms with van der Waals surface area (Å²) in [5, 5.41) is 5.17. The largest absolute Gasteiger partial charge is 0.444 e. The summed E-state index contributed by atoms with van der Waals surface area (Å²) in [6, 6.07) is 4.61. The van der Waals surface area contributed by atoms with Crippen LogP contribution in [-0.2, 0) is 14.3 Å². The zero-order valence-corrected chi connectivity index (χ0v) is 13.4. The Balaban J connectivity index is 1.63. The molecule has 7 nitrogen and oxygen atoms in total. The number of alkyl carbamates (subject to hydrolysis) is 1. The summed E-state index contributed by atoms with van der Waals surface area (Å²) in [6.45, 7) is 4.38. The molecule has 2 saturated heterocycles. The van der Waals surface area contributed by atoms with Gasteiger partial charge in [-0.1, -0.05) is 0 Å². The van der Waals surface area contributed by atoms with Crippen LogP contribution in [0.1, 0.15) is 6.92 Å². The molecule has 1 aromatic carbocycles. The fraction of sp³-hybridized carbons (Fsp3) is 0.500. The summed E-state index contributed by atoms with van der Waals surface area (Å²) in [7, 11) is 0. The number of ether oxygens (including phenoxy) is 2. The number of halogens is 1. The fourth-order valence-corrected chi connectivity index (χ4v) is 2.75. The number of nitrogens with zero attached hydrogens (tertiary/aromatic N) is 1. The van der Waals surface area contributed by atoms with E-state index in [1.807, 2.05) is 4.90 Å². The van der Waals surface area contributed by atoms with Gasteiger partial charge in [0.1, 0.15) is 11.9 Å². The first-order valence-corrected chi connectivity index (χ1v) is 7.92. The van der Waals surface area contributed by atoms with Crippen molar-refractivity contribution in [3.8, 4) is 0 Å². The molecule has 2 aliphatic rings. The van der Waals surface area contributed by atoms with Gasteiger partial charge in [-0.2, -0.15) is 0 Å². The van der Waals surface area contributed by atoms with E-state index in [9.17, 15) is 14.0 Å². The number of amides is 2. The van der Waals surface area contributed by atoms with Crippen molar-refractivity contribution in [2.75, 3.05) is 43.1 Å². The van der Waals surface area contributed by atoms with Crippen LogP contribution in [0.3, 0.4) is 0 Å². The van der Waals surface area contributed by atoms with E-state index in [-0.39, 0.29) is 12.5 Å². The Labute approximate surface area is 139 Å². The molecule has 0 bridgehead atoms. The van der Waals surface area contributed by atoms with Crippen LogP contribution in [0, 0.1) is 11.7 Å². The minimum atomic E-state index is -0.536. The van der Waals surface area contributed by atoms with E-state index >= 15 is 0 Å². The summed E-state index contributed by atoms with van der Waals surface area (Å²) in [4.78, 5) is 25.2. The molecule has 8 heteroatoms. The highest BCUT2D eigenvalue weighted by Crippen LogP contribution is 2.24. The van der Waals surface area contributed by atoms with Crippen molar-refractivity contribution in [2.45, 2.75) is 13.0 Å². The molecule has 1 aromatic rings. The number of morpholine rings is 1. The number of nitrogens with one attached hydrogen (secondary N) is 2. The third kappa shape index (κ3) is 3.59. The van der Waals surface area contributed by atoms with Crippen molar-refractivity contribution in [3.05, 3.63) is 24.0 Å². The lowest BCUT2D eigenvalue weighted by Crippen LogP contribution is -2.36. The Hall–Kier alpha value is -2.35. The highest BCUT2D eigenvalue weighted by molar-refractivity contribution is 5.93. The molecule has 0 aromatic heterocycles. The normalized spacial score (nSPS) is 21.8. The maximum atomic E-state index is 14.3. The predicted octanol–water partition coefficient (Wildman–Crippen LogP) is 1.35. The molecule has 2 N–H and O–H groups in total. The van der Waals surface area contributed by atoms with E-state index < -0.39 is 23.9 Å². The number of benzene rings is 1. The molecule has 2 aliphatic heterocycles. The van der Waals surface area contributed by atoms with Crippen molar-refractivity contribution in [1.82, 2.24) is 5.32 Å². The van der Waals surface area contributed by atoms with Gasteiger partial charge in [0, 0.05) is 18.8 Å². The highest BCUT2D eigenvalue weighted by Gasteiger charge is 2.32. The molecule has 2 atom stereocenters. The van der Waals surface area contributed by atoms with E-state index in [0.717, 1.165) is 0 Å². The Morgan fingerprint density at radius 1 is 1.42 bits per heavy atom. The summed E-state index contributed by atoms with van der Waals surface area (Å²) < 4.78 is 24.6. The number of cyclic esters (lactones) is 1. The second kappa shape index (κ2) is 7.04. The molecule has 0 aliphatic carbocycles. The van der Waals surface area contributed by atoms with Gasteiger partial charge in [-0.15, -0.1) is 0 Å². The molecule has 130 valence electrons. The van der Waals surface area contributed by atoms with Crippen LogP contribution in [0.4, 0.5) is 20.6 Å². The molecule has 0 saturated carbocycles. The molecule has 0 radical (unpaired) electrons. The van der Waals surface area contributed by atoms with Crippen molar-refractivity contribution in [3.63, 3.8) is 0 Å². The van der Waals surface area contributed by atoms with Crippen LogP contribution in [0.25, 0.3) is 0 Å². The van der Waals surface area contributed by atoms with Crippen LogP contribution in [0.2, 0.25) is 0 Å². The summed E-state index contributed by atoms with van der Waals surface area (Å²) in [5.41, 5.74) is 0.872. The number of carbonyl (C=O) groups is 2. The third-order valence-corrected chi connectivity index (χ3v) is 4.24. The Bertz CT molecular complexity index is 634. The standard InChI is InChI=1S/C16H20FN3O4/c1-10(14-9-18-16(22)24-14)15(21)19-11-2-3-13(12(17)8-11)20-4-6-23-7-5-20/h2-3,8,10,14H,4-7,9H2,1H3,(H,18,22)(H,19,21). The summed E-state index contributed by atoms with van der Waals surface area (Å²) >= 11 is 0. The average Bonchev–Trinajstić information content (AvgIpc) is 3.01. The second-order valence-corrected chi connectivity index (χ2v) is 5.87. The van der Waals surface area contributed by atoms with Crippen LogP contribution in [-0.4, -0.2) is 51.0 Å². The molecule has 3 rings (SSSR count). The molecular weight excluding hydrogens is 317 g/mol. The quantitative estimate of drug-likeness (QED) is 0.867. The maximum Gasteiger partial charge on any atom is 0.407 e. The van der Waals surface area contributed by atoms with Gasteiger partial charge < -0.3 is 25.0 Å². The van der Waals surface area contributed by atoms with Crippen molar-refractivity contribution < 1.29 is 23.5 Å². The SMILES string of the molecule is CC(C(=O)Nc1ccc(N2CCOCC2)c(F)c1)C1CNC(=O)O1. The number of carbonyl (C=O) groups excluding carboxylic acids is 2. The summed E-state index contributed by atoms with van der Waals surface area (Å²) in [5.74, 6) is -1.25. The van der Waals surface area contributed by atoms with Gasteiger partial charge in [0.15, 0.2) is 0 Å². The number of anilines is 2. The van der Waals surface area contributed by atoms with Gasteiger partial charge in [0.25, 0.3) is 0 Å². The lowest BCUT2D eigenvalue weighted by atomic mass is 10.0. The lowest BCUT2D eigenvalue weighted by molar-refractivity contribution is -0.121. The lowest BCUT2D eigenvalue weighted by Gasteiger charge is -2.29. The van der Waals surface area contributed by atoms with E-state index in [1.165, 1.54) is 6.07 Å². The monoisotopic (exact) mass is 337 g/mol. The van der Waals surface area contributed by atoms with Gasteiger partial charge in [-0.05, 0) is 25.1 Å². The molecule has 2 heterocycles. The molecule has 2 fully saturated rings. The topological polar surface area (TPSA) is 79.9 Å². The zero-order chi connectivity index (χ0) is 17.1. The average molecular weight is 337 g/mol. The third-order valence-electron chi connectivity index (χ3n) is 4.24. The van der Waals surface area contributed by atoms with Crippen LogP contribution in [0.15, 0.2) is 18.2 Å². The summed E-state index contributed by atoms with van der Waals surface area (Å²) in [6.07, 6.45) is -1.05. The van der Waals surface area contributed by atoms with E-state index in [2.05, 4.69) is 10.6 Å². The smallest absolute Gasteiger partial charge is 0.407 e. The minimum Gasteiger partial charge on any atom is -0.444 e. The van der Waals surface area contributed by atoms with Gasteiger partial charge >= 0.3 is 6.09 Å². The van der Waals surface area contributed by atoms with Crippen LogP contribution < -0.4 is 15.5 Å². The number of hydrogen-bond acceptors (Lipinski definition) is 5. The number of rotatable bonds is 4. The predicted molar refractivity (Wildman–Crippen MR) is 85.5 cm³/mol. The van der Waals surface area contributed by atoms with Crippen molar-refractivity contribution in [1.29, 1.82) is 0 Å². The first kappa shape index (κ1) is 16.5. The van der Waals surface area contributed by atoms with Gasteiger partial charge in [-0.25, -0.2) is 9.18 Å². The first-order chi connectivity index (χ1) is 11.5. The molecule has 24 heavy (non-hydrogen) atoms. The number of hydrogen-bond donors (Lipinski definition) is 2.